The van der Waals surface area contributed by atoms with Crippen molar-refractivity contribution in [2.45, 2.75) is 13.0 Å². The minimum absolute atomic E-state index is 0.00833. The number of carboxylic acids is 1. The first-order valence-corrected chi connectivity index (χ1v) is 10.2. The summed E-state index contributed by atoms with van der Waals surface area (Å²) in [6.45, 7) is -0.00833. The van der Waals surface area contributed by atoms with E-state index in [1.165, 1.54) is 35.2 Å². The molecule has 3 aromatic carbocycles. The molecule has 3 rings (SSSR count). The molecule has 0 aliphatic carbocycles. The largest absolute Gasteiger partial charge is 0.478 e. The Balaban J connectivity index is 1.90. The molecule has 8 heteroatoms. The summed E-state index contributed by atoms with van der Waals surface area (Å²) in [6.07, 6.45) is -0.674. The maximum atomic E-state index is 13.1. The molecule has 0 aromatic heterocycles. The van der Waals surface area contributed by atoms with Crippen LogP contribution in [0.4, 0.5) is 5.69 Å². The van der Waals surface area contributed by atoms with Gasteiger partial charge >= 0.3 is 5.97 Å². The minimum atomic E-state index is -1.16. The first-order chi connectivity index (χ1) is 15.3. The van der Waals surface area contributed by atoms with Crippen molar-refractivity contribution in [2.75, 3.05) is 4.90 Å². The second-order valence-corrected chi connectivity index (χ2v) is 7.69. The highest BCUT2D eigenvalue weighted by molar-refractivity contribution is 6.46. The number of nitrogens with zero attached hydrogens (tertiary/aromatic N) is 1. The number of carbonyl (C=O) groups excluding carboxylic acids is 3. The Morgan fingerprint density at radius 2 is 1.47 bits per heavy atom. The van der Waals surface area contributed by atoms with Gasteiger partial charge in [0.2, 0.25) is 17.5 Å². The van der Waals surface area contributed by atoms with Crippen LogP contribution in [0.1, 0.15) is 32.7 Å². The number of carbonyl (C=O) groups is 4. The van der Waals surface area contributed by atoms with Crippen LogP contribution in [-0.4, -0.2) is 28.5 Å². The van der Waals surface area contributed by atoms with Crippen molar-refractivity contribution in [1.29, 1.82) is 0 Å². The normalized spacial score (nSPS) is 10.4. The molecule has 0 atom stereocenters. The highest BCUT2D eigenvalue weighted by Crippen LogP contribution is 2.26. The second kappa shape index (κ2) is 10.2. The summed E-state index contributed by atoms with van der Waals surface area (Å²) in [6, 6.07) is 18.5. The molecule has 0 aliphatic rings. The molecule has 6 nitrogen and oxygen atoms in total. The van der Waals surface area contributed by atoms with E-state index in [2.05, 4.69) is 0 Å². The fourth-order valence-corrected chi connectivity index (χ4v) is 3.34. The average Bonchev–Trinajstić information content (AvgIpc) is 2.79. The molecule has 0 aliphatic heterocycles. The molecule has 1 amide bonds. The molecule has 0 heterocycles. The predicted octanol–water partition coefficient (Wildman–Crippen LogP) is 5.07. The maximum absolute atomic E-state index is 13.1. The summed E-state index contributed by atoms with van der Waals surface area (Å²) in [7, 11) is 0. The molecular formula is C24H17Cl2NO5. The van der Waals surface area contributed by atoms with Crippen LogP contribution >= 0.6 is 23.2 Å². The number of anilines is 1. The molecule has 162 valence electrons. The van der Waals surface area contributed by atoms with E-state index in [0.29, 0.717) is 10.6 Å². The van der Waals surface area contributed by atoms with Gasteiger partial charge in [0.15, 0.2) is 0 Å². The van der Waals surface area contributed by atoms with Gasteiger partial charge in [-0.3, -0.25) is 14.4 Å². The SMILES string of the molecule is O=C(CC(=O)N(Cc1ccc(Cl)c(Cl)c1)c1cccc(C(=O)O)c1)C(=O)c1ccccc1. The minimum Gasteiger partial charge on any atom is -0.478 e. The molecule has 0 saturated carbocycles. The van der Waals surface area contributed by atoms with Crippen molar-refractivity contribution < 1.29 is 24.3 Å². The van der Waals surface area contributed by atoms with E-state index in [-0.39, 0.29) is 28.4 Å². The Hall–Kier alpha value is -3.48. The molecule has 0 fully saturated rings. The van der Waals surface area contributed by atoms with E-state index in [0.717, 1.165) is 0 Å². The topological polar surface area (TPSA) is 91.8 Å². The Bertz CT molecular complexity index is 1190. The van der Waals surface area contributed by atoms with Gasteiger partial charge in [-0.15, -0.1) is 0 Å². The molecule has 0 unspecified atom stereocenters. The number of rotatable bonds is 8. The summed E-state index contributed by atoms with van der Waals surface area (Å²) in [5.41, 5.74) is 1.03. The number of benzene rings is 3. The Labute approximate surface area is 194 Å². The summed E-state index contributed by atoms with van der Waals surface area (Å²) in [4.78, 5) is 50.6. The molecule has 0 radical (unpaired) electrons. The van der Waals surface area contributed by atoms with Crippen LogP contribution in [0.2, 0.25) is 10.0 Å². The maximum Gasteiger partial charge on any atom is 0.335 e. The first kappa shape index (κ1) is 23.2. The number of aromatic carboxylic acids is 1. The van der Waals surface area contributed by atoms with Crippen LogP contribution in [-0.2, 0) is 16.1 Å². The molecule has 0 spiro atoms. The summed E-state index contributed by atoms with van der Waals surface area (Å²) < 4.78 is 0. The zero-order valence-corrected chi connectivity index (χ0v) is 18.1. The number of hydrogen-bond acceptors (Lipinski definition) is 4. The summed E-state index contributed by atoms with van der Waals surface area (Å²) in [5, 5.41) is 9.92. The summed E-state index contributed by atoms with van der Waals surface area (Å²) in [5.74, 6) is -3.46. The van der Waals surface area contributed by atoms with Crippen LogP contribution in [0.5, 0.6) is 0 Å². The van der Waals surface area contributed by atoms with E-state index in [1.54, 1.807) is 42.5 Å². The number of Topliss-reactive ketones (excluding diaryl/α,β-unsaturated/α-hetero) is 2. The lowest BCUT2D eigenvalue weighted by Gasteiger charge is -2.23. The van der Waals surface area contributed by atoms with Gasteiger partial charge in [0.25, 0.3) is 0 Å². The number of carboxylic acid groups (broad SMARTS) is 1. The van der Waals surface area contributed by atoms with Crippen molar-refractivity contribution in [3.05, 3.63) is 99.5 Å². The van der Waals surface area contributed by atoms with Crippen LogP contribution in [0.25, 0.3) is 0 Å². The molecule has 1 N–H and O–H groups in total. The Kier molecular flexibility index (Phi) is 7.41. The molecule has 0 bridgehead atoms. The predicted molar refractivity (Wildman–Crippen MR) is 121 cm³/mol. The standard InChI is InChI=1S/C24H17Cl2NO5/c25-19-10-9-15(11-20(19)26)14-27(18-8-4-7-17(12-18)24(31)32)22(29)13-21(28)23(30)16-5-2-1-3-6-16/h1-12H,13-14H2,(H,31,32). The van der Waals surface area contributed by atoms with Gasteiger partial charge in [-0.1, -0.05) is 65.7 Å². The molecule has 32 heavy (non-hydrogen) atoms. The zero-order valence-electron chi connectivity index (χ0n) is 16.6. The number of amides is 1. The van der Waals surface area contributed by atoms with Crippen molar-refractivity contribution in [1.82, 2.24) is 0 Å². The highest BCUT2D eigenvalue weighted by atomic mass is 35.5. The Morgan fingerprint density at radius 3 is 2.12 bits per heavy atom. The molecular weight excluding hydrogens is 453 g/mol. The van der Waals surface area contributed by atoms with Gasteiger partial charge in [-0.05, 0) is 35.9 Å². The third kappa shape index (κ3) is 5.60. The van der Waals surface area contributed by atoms with Crippen molar-refractivity contribution in [3.8, 4) is 0 Å². The number of ketones is 2. The molecule has 3 aromatic rings. The second-order valence-electron chi connectivity index (χ2n) is 6.88. The lowest BCUT2D eigenvalue weighted by molar-refractivity contribution is -0.124. The van der Waals surface area contributed by atoms with Gasteiger partial charge in [-0.2, -0.15) is 0 Å². The average molecular weight is 470 g/mol. The van der Waals surface area contributed by atoms with Gasteiger partial charge in [0.05, 0.1) is 28.6 Å². The first-order valence-electron chi connectivity index (χ1n) is 9.46. The van der Waals surface area contributed by atoms with Gasteiger partial charge in [0.1, 0.15) is 0 Å². The Morgan fingerprint density at radius 1 is 0.781 bits per heavy atom. The highest BCUT2D eigenvalue weighted by Gasteiger charge is 2.25. The number of halogens is 2. The zero-order chi connectivity index (χ0) is 23.3. The van der Waals surface area contributed by atoms with Crippen LogP contribution in [0, 0.1) is 0 Å². The summed E-state index contributed by atoms with van der Waals surface area (Å²) >= 11 is 12.0. The van der Waals surface area contributed by atoms with Gasteiger partial charge in [-0.25, -0.2) is 4.79 Å². The number of hydrogen-bond donors (Lipinski definition) is 1. The van der Waals surface area contributed by atoms with Crippen LogP contribution < -0.4 is 4.90 Å². The lowest BCUT2D eigenvalue weighted by Crippen LogP contribution is -2.33. The van der Waals surface area contributed by atoms with Crippen LogP contribution in [0.3, 0.4) is 0 Å². The van der Waals surface area contributed by atoms with E-state index in [1.807, 2.05) is 0 Å². The monoisotopic (exact) mass is 469 g/mol. The van der Waals surface area contributed by atoms with Gasteiger partial charge < -0.3 is 10.0 Å². The van der Waals surface area contributed by atoms with Crippen molar-refractivity contribution in [3.63, 3.8) is 0 Å². The fraction of sp³-hybridized carbons (Fsp3) is 0.0833. The van der Waals surface area contributed by atoms with Crippen molar-refractivity contribution >= 4 is 52.3 Å². The van der Waals surface area contributed by atoms with Crippen LogP contribution in [0.15, 0.2) is 72.8 Å². The van der Waals surface area contributed by atoms with Gasteiger partial charge in [0, 0.05) is 11.3 Å². The smallest absolute Gasteiger partial charge is 0.335 e. The third-order valence-corrected chi connectivity index (χ3v) is 5.37. The fourth-order valence-electron chi connectivity index (χ4n) is 3.01. The molecule has 0 saturated heterocycles. The lowest BCUT2D eigenvalue weighted by atomic mass is 10.0. The van der Waals surface area contributed by atoms with Crippen molar-refractivity contribution in [2.24, 2.45) is 0 Å². The third-order valence-electron chi connectivity index (χ3n) is 4.63. The van der Waals surface area contributed by atoms with E-state index in [4.69, 9.17) is 23.2 Å². The van der Waals surface area contributed by atoms with E-state index >= 15 is 0 Å². The van der Waals surface area contributed by atoms with E-state index < -0.39 is 29.9 Å². The quantitative estimate of drug-likeness (QED) is 0.282. The van der Waals surface area contributed by atoms with E-state index in [9.17, 15) is 24.3 Å².